The summed E-state index contributed by atoms with van der Waals surface area (Å²) >= 11 is 0. The molecule has 1 atom stereocenters. The van der Waals surface area contributed by atoms with Gasteiger partial charge >= 0.3 is 5.97 Å². The quantitative estimate of drug-likeness (QED) is 0.105. The van der Waals surface area contributed by atoms with Crippen LogP contribution in [0.1, 0.15) is 59.2 Å². The van der Waals surface area contributed by atoms with Crippen LogP contribution < -0.4 is 16.0 Å². The summed E-state index contributed by atoms with van der Waals surface area (Å²) in [4.78, 5) is 102. The standard InChI is InChI=1S/C31H39N5O13/c37-23(8-12-45-14-16-47-18-19-48-17-15-46-13-9-27(41)49-36-25(39)6-7-26(36)40)33-11-10-32-21-3-1-2-20-28(21)31(44)35(30(20)43)22-4-5-24(38)34-29(22)42/h1-3,22,32H,4-19H2,(H,33,37)(H,34,38,42). The summed E-state index contributed by atoms with van der Waals surface area (Å²) in [5.41, 5.74) is 0.705. The van der Waals surface area contributed by atoms with Crippen LogP contribution in [0.3, 0.4) is 0 Å². The van der Waals surface area contributed by atoms with E-state index in [1.807, 2.05) is 0 Å². The molecule has 1 unspecified atom stereocenters. The first kappa shape index (κ1) is 37.0. The Kier molecular flexibility index (Phi) is 14.1. The Bertz CT molecular complexity index is 1420. The lowest BCUT2D eigenvalue weighted by Gasteiger charge is -2.27. The third kappa shape index (κ3) is 10.6. The predicted molar refractivity (Wildman–Crippen MR) is 164 cm³/mol. The largest absolute Gasteiger partial charge is 0.383 e. The molecule has 1 aromatic rings. The van der Waals surface area contributed by atoms with Crippen molar-refractivity contribution < 1.29 is 62.1 Å². The molecule has 0 aliphatic carbocycles. The van der Waals surface area contributed by atoms with Gasteiger partial charge in [-0.25, -0.2) is 4.79 Å². The normalized spacial score (nSPS) is 17.4. The fraction of sp³-hybridized carbons (Fsp3) is 0.548. The second-order valence-electron chi connectivity index (χ2n) is 10.9. The number of carbonyl (C=O) groups is 8. The van der Waals surface area contributed by atoms with Gasteiger partial charge in [-0.1, -0.05) is 6.07 Å². The molecule has 0 aromatic heterocycles. The molecule has 266 valence electrons. The van der Waals surface area contributed by atoms with Crippen LogP contribution in [-0.4, -0.2) is 129 Å². The maximum absolute atomic E-state index is 13.1. The van der Waals surface area contributed by atoms with Crippen LogP contribution in [0.25, 0.3) is 0 Å². The molecule has 4 rings (SSSR count). The first-order valence-electron chi connectivity index (χ1n) is 15.9. The summed E-state index contributed by atoms with van der Waals surface area (Å²) in [5, 5.41) is 8.46. The van der Waals surface area contributed by atoms with E-state index >= 15 is 0 Å². The number of imide groups is 3. The minimum absolute atomic E-state index is 0.0327. The number of benzene rings is 1. The Morgan fingerprint density at radius 3 is 2.00 bits per heavy atom. The van der Waals surface area contributed by atoms with E-state index in [2.05, 4.69) is 16.0 Å². The second-order valence-corrected chi connectivity index (χ2v) is 10.9. The molecule has 7 amide bonds. The number of fused-ring (bicyclic) bond motifs is 1. The van der Waals surface area contributed by atoms with Crippen molar-refractivity contribution in [3.05, 3.63) is 29.3 Å². The first-order valence-corrected chi connectivity index (χ1v) is 15.9. The lowest BCUT2D eigenvalue weighted by Crippen LogP contribution is -2.54. The van der Waals surface area contributed by atoms with Crippen LogP contribution in [0.15, 0.2) is 18.2 Å². The molecule has 18 nitrogen and oxygen atoms in total. The van der Waals surface area contributed by atoms with Crippen molar-refractivity contribution in [3.63, 3.8) is 0 Å². The summed E-state index contributed by atoms with van der Waals surface area (Å²) in [6.45, 7) is 2.48. The van der Waals surface area contributed by atoms with Gasteiger partial charge in [0.1, 0.15) is 6.04 Å². The monoisotopic (exact) mass is 689 g/mol. The van der Waals surface area contributed by atoms with Crippen LogP contribution in [0.5, 0.6) is 0 Å². The van der Waals surface area contributed by atoms with Crippen LogP contribution in [0.2, 0.25) is 0 Å². The molecule has 0 radical (unpaired) electrons. The number of ether oxygens (including phenoxy) is 4. The molecular weight excluding hydrogens is 650 g/mol. The van der Waals surface area contributed by atoms with Crippen molar-refractivity contribution in [2.24, 2.45) is 0 Å². The average Bonchev–Trinajstić information content (AvgIpc) is 3.52. The third-order valence-corrected chi connectivity index (χ3v) is 7.47. The molecule has 2 fully saturated rings. The summed E-state index contributed by atoms with van der Waals surface area (Å²) in [5.74, 6) is -4.38. The molecule has 49 heavy (non-hydrogen) atoms. The summed E-state index contributed by atoms with van der Waals surface area (Å²) in [6.07, 6.45) is 0.182. The first-order chi connectivity index (χ1) is 23.7. The van der Waals surface area contributed by atoms with Gasteiger partial charge in [-0.05, 0) is 18.6 Å². The fourth-order valence-corrected chi connectivity index (χ4v) is 5.04. The highest BCUT2D eigenvalue weighted by Gasteiger charge is 2.45. The van der Waals surface area contributed by atoms with Gasteiger partial charge in [0.25, 0.3) is 23.6 Å². The lowest BCUT2D eigenvalue weighted by atomic mass is 10.0. The summed E-state index contributed by atoms with van der Waals surface area (Å²) in [6, 6.07) is 3.70. The van der Waals surface area contributed by atoms with Crippen molar-refractivity contribution in [1.29, 1.82) is 0 Å². The molecule has 2 saturated heterocycles. The third-order valence-electron chi connectivity index (χ3n) is 7.47. The topological polar surface area (TPSA) is 225 Å². The highest BCUT2D eigenvalue weighted by Crippen LogP contribution is 2.32. The van der Waals surface area contributed by atoms with Gasteiger partial charge in [0.05, 0.1) is 70.4 Å². The van der Waals surface area contributed by atoms with Crippen LogP contribution in [0, 0.1) is 0 Å². The maximum atomic E-state index is 13.1. The Balaban J connectivity index is 0.965. The van der Waals surface area contributed by atoms with E-state index < -0.39 is 47.5 Å². The maximum Gasteiger partial charge on any atom is 0.335 e. The van der Waals surface area contributed by atoms with Gasteiger partial charge in [0.15, 0.2) is 0 Å². The molecule has 1 aromatic carbocycles. The molecule has 0 spiro atoms. The van der Waals surface area contributed by atoms with Gasteiger partial charge in [0, 0.05) is 44.5 Å². The van der Waals surface area contributed by atoms with Crippen LogP contribution in [0.4, 0.5) is 5.69 Å². The number of hydrogen-bond acceptors (Lipinski definition) is 14. The van der Waals surface area contributed by atoms with Crippen molar-refractivity contribution in [2.45, 2.75) is 44.6 Å². The van der Waals surface area contributed by atoms with E-state index in [1.165, 1.54) is 6.07 Å². The molecule has 18 heteroatoms. The van der Waals surface area contributed by atoms with E-state index in [0.717, 1.165) is 4.90 Å². The molecular formula is C31H39N5O13. The lowest BCUT2D eigenvalue weighted by molar-refractivity contribution is -0.198. The smallest absolute Gasteiger partial charge is 0.335 e. The van der Waals surface area contributed by atoms with Gasteiger partial charge in [-0.2, -0.15) is 0 Å². The number of nitrogens with one attached hydrogen (secondary N) is 3. The van der Waals surface area contributed by atoms with E-state index in [9.17, 15) is 38.4 Å². The van der Waals surface area contributed by atoms with E-state index in [4.69, 9.17) is 23.8 Å². The number of amides is 7. The van der Waals surface area contributed by atoms with Gasteiger partial charge in [-0.15, -0.1) is 5.06 Å². The zero-order valence-corrected chi connectivity index (χ0v) is 26.8. The minimum Gasteiger partial charge on any atom is -0.383 e. The van der Waals surface area contributed by atoms with Gasteiger partial charge in [-0.3, -0.25) is 43.8 Å². The number of nitrogens with zero attached hydrogens (tertiary/aromatic N) is 2. The average molecular weight is 690 g/mol. The Hall–Kier alpha value is -4.78. The van der Waals surface area contributed by atoms with Crippen LogP contribution in [-0.2, 0) is 52.6 Å². The SMILES string of the molecule is O=C(CCOCCOCCOCCOCCC(=O)ON1C(=O)CCC1=O)NCCNc1cccc2c1C(=O)N(C1CCC(=O)NC1=O)C2=O. The predicted octanol–water partition coefficient (Wildman–Crippen LogP) is -0.930. The number of anilines is 1. The van der Waals surface area contributed by atoms with Crippen molar-refractivity contribution in [3.8, 4) is 0 Å². The zero-order valence-electron chi connectivity index (χ0n) is 26.8. The molecule has 3 N–H and O–H groups in total. The number of hydroxylamine groups is 2. The van der Waals surface area contributed by atoms with Gasteiger partial charge in [0.2, 0.25) is 17.7 Å². The highest BCUT2D eigenvalue weighted by molar-refractivity contribution is 6.25. The van der Waals surface area contributed by atoms with Crippen LogP contribution >= 0.6 is 0 Å². The van der Waals surface area contributed by atoms with Gasteiger partial charge < -0.3 is 34.4 Å². The Morgan fingerprint density at radius 2 is 1.37 bits per heavy atom. The minimum atomic E-state index is -1.05. The van der Waals surface area contributed by atoms with E-state index in [-0.39, 0.29) is 102 Å². The Labute approximate surface area is 281 Å². The summed E-state index contributed by atoms with van der Waals surface area (Å²) in [7, 11) is 0. The molecule has 3 aliphatic heterocycles. The van der Waals surface area contributed by atoms with E-state index in [1.54, 1.807) is 12.1 Å². The highest BCUT2D eigenvalue weighted by atomic mass is 16.7. The Morgan fingerprint density at radius 1 is 0.755 bits per heavy atom. The molecule has 0 saturated carbocycles. The number of piperidine rings is 1. The van der Waals surface area contributed by atoms with Crippen molar-refractivity contribution in [1.82, 2.24) is 20.6 Å². The number of hydrogen-bond donors (Lipinski definition) is 3. The molecule has 0 bridgehead atoms. The van der Waals surface area contributed by atoms with E-state index in [0.29, 0.717) is 30.6 Å². The molecule has 3 heterocycles. The van der Waals surface area contributed by atoms with Crippen molar-refractivity contribution in [2.75, 3.05) is 71.3 Å². The number of rotatable bonds is 21. The zero-order chi connectivity index (χ0) is 35.2. The molecule has 3 aliphatic rings. The summed E-state index contributed by atoms with van der Waals surface area (Å²) < 4.78 is 21.4. The van der Waals surface area contributed by atoms with Crippen molar-refractivity contribution >= 4 is 53.0 Å². The number of carbonyl (C=O) groups excluding carboxylic acids is 8. The second kappa shape index (κ2) is 18.7. The fourth-order valence-electron chi connectivity index (χ4n) is 5.04.